The van der Waals surface area contributed by atoms with Crippen LogP contribution in [0.5, 0.6) is 11.5 Å². The summed E-state index contributed by atoms with van der Waals surface area (Å²) in [4.78, 5) is 52.1. The molecule has 4 amide bonds. The van der Waals surface area contributed by atoms with Crippen LogP contribution in [0.3, 0.4) is 0 Å². The van der Waals surface area contributed by atoms with Gasteiger partial charge in [-0.1, -0.05) is 63.4 Å². The number of benzene rings is 4. The van der Waals surface area contributed by atoms with Gasteiger partial charge in [-0.25, -0.2) is 0 Å². The van der Waals surface area contributed by atoms with Crippen LogP contribution in [-0.4, -0.2) is 45.6 Å². The third kappa shape index (κ3) is 5.90. The van der Waals surface area contributed by atoms with Crippen LogP contribution in [0.15, 0.2) is 97.1 Å². The molecule has 0 radical (unpaired) electrons. The first-order chi connectivity index (χ1) is 19.7. The smallest absolute Gasteiger partial charge is 0.262 e. The third-order valence-corrected chi connectivity index (χ3v) is 7.40. The Morgan fingerprint density at radius 2 is 0.837 bits per heavy atom. The van der Waals surface area contributed by atoms with Gasteiger partial charge in [-0.2, -0.15) is 0 Å². The van der Waals surface area contributed by atoms with Gasteiger partial charge in [0, 0.05) is 0 Å². The van der Waals surface area contributed by atoms with Crippen molar-refractivity contribution >= 4 is 23.6 Å². The number of nitrogens with zero attached hydrogens (tertiary/aromatic N) is 2. The summed E-state index contributed by atoms with van der Waals surface area (Å²) < 4.78 is 5.12. The molecule has 2 atom stereocenters. The second-order valence-corrected chi connectivity index (χ2v) is 9.77. The maximum Gasteiger partial charge on any atom is 0.262 e. The van der Waals surface area contributed by atoms with Crippen molar-refractivity contribution in [1.82, 2.24) is 9.80 Å². The number of ether oxygens (including phenoxy) is 1. The first-order valence-electron chi connectivity index (χ1n) is 13.1. The van der Waals surface area contributed by atoms with E-state index in [0.29, 0.717) is 22.3 Å². The third-order valence-electron chi connectivity index (χ3n) is 7.40. The number of rotatable bonds is 5. The summed E-state index contributed by atoms with van der Waals surface area (Å²) in [6.45, 7) is 3.65. The highest BCUT2D eigenvalue weighted by molar-refractivity contribution is 6.22. The monoisotopic (exact) mass is 580 g/mol. The van der Waals surface area contributed by atoms with Gasteiger partial charge in [0.05, 0.1) is 41.4 Å². The van der Waals surface area contributed by atoms with Crippen LogP contribution in [0, 0.1) is 0 Å². The van der Waals surface area contributed by atoms with Gasteiger partial charge in [0.15, 0.2) is 0 Å². The molecular weight excluding hydrogens is 544 g/mol. The molecule has 6 rings (SSSR count). The quantitative estimate of drug-likeness (QED) is 0.253. The lowest BCUT2D eigenvalue weighted by Crippen LogP contribution is -2.32. The van der Waals surface area contributed by atoms with Gasteiger partial charge >= 0.3 is 0 Å². The Balaban J connectivity index is 0.000000225. The van der Waals surface area contributed by atoms with Crippen molar-refractivity contribution in [3.05, 3.63) is 130 Å². The van der Waals surface area contributed by atoms with E-state index in [0.717, 1.165) is 16.9 Å². The van der Waals surface area contributed by atoms with Crippen LogP contribution in [0.1, 0.15) is 93.3 Å². The van der Waals surface area contributed by atoms with Crippen LogP contribution < -0.4 is 4.74 Å². The predicted molar refractivity (Wildman–Crippen MR) is 165 cm³/mol. The molecule has 0 bridgehead atoms. The molecule has 2 aliphatic heterocycles. The van der Waals surface area contributed by atoms with Crippen molar-refractivity contribution in [1.29, 1.82) is 0 Å². The lowest BCUT2D eigenvalue weighted by Gasteiger charge is -2.23. The highest BCUT2D eigenvalue weighted by atomic mass is 16.5. The van der Waals surface area contributed by atoms with Crippen LogP contribution in [0.4, 0.5) is 0 Å². The number of fused-ring (bicyclic) bond motifs is 2. The molecule has 2 heterocycles. The zero-order valence-corrected chi connectivity index (χ0v) is 22.8. The minimum atomic E-state index is -0.372. The molecule has 0 spiro atoms. The molecule has 43 heavy (non-hydrogen) atoms. The van der Waals surface area contributed by atoms with Gasteiger partial charge in [0.2, 0.25) is 0 Å². The number of methoxy groups -OCH3 is 1. The second kappa shape index (κ2) is 13.2. The highest BCUT2D eigenvalue weighted by Gasteiger charge is 2.39. The van der Waals surface area contributed by atoms with Crippen molar-refractivity contribution in [2.75, 3.05) is 7.11 Å². The summed E-state index contributed by atoms with van der Waals surface area (Å²) in [5.41, 5.74) is 3.54. The molecule has 4 aromatic carbocycles. The molecule has 222 valence electrons. The number of carbonyl (C=O) groups is 4. The number of imide groups is 2. The molecule has 0 aromatic heterocycles. The summed E-state index contributed by atoms with van der Waals surface area (Å²) in [6.07, 6.45) is 0. The molecule has 0 unspecified atom stereocenters. The van der Waals surface area contributed by atoms with Crippen molar-refractivity contribution < 1.29 is 29.0 Å². The molecule has 8 heteroatoms. The number of phenols is 1. The van der Waals surface area contributed by atoms with E-state index >= 15 is 0 Å². The fourth-order valence-electron chi connectivity index (χ4n) is 5.05. The SMILES string of the molecule is C.C.COc1ccc([C@H](C)N2C(=O)c3ccccc3C2=O)cc1.C[C@@H](c1ccc(O)cc1)N1C(=O)c2ccccc2C1=O. The van der Waals surface area contributed by atoms with E-state index in [2.05, 4.69) is 0 Å². The number of amides is 4. The minimum Gasteiger partial charge on any atom is -0.508 e. The van der Waals surface area contributed by atoms with Crippen LogP contribution >= 0.6 is 0 Å². The Morgan fingerprint density at radius 1 is 0.535 bits per heavy atom. The van der Waals surface area contributed by atoms with Gasteiger partial charge in [-0.3, -0.25) is 29.0 Å². The maximum absolute atomic E-state index is 12.4. The first-order valence-corrected chi connectivity index (χ1v) is 13.1. The summed E-state index contributed by atoms with van der Waals surface area (Å²) in [5, 5.41) is 9.30. The van der Waals surface area contributed by atoms with Crippen molar-refractivity contribution in [3.8, 4) is 11.5 Å². The summed E-state index contributed by atoms with van der Waals surface area (Å²) in [6, 6.07) is 27.0. The van der Waals surface area contributed by atoms with Gasteiger partial charge in [-0.15, -0.1) is 0 Å². The fourth-order valence-corrected chi connectivity index (χ4v) is 5.05. The van der Waals surface area contributed by atoms with Gasteiger partial charge in [-0.05, 0) is 73.5 Å². The van der Waals surface area contributed by atoms with Crippen molar-refractivity contribution in [2.24, 2.45) is 0 Å². The van der Waals surface area contributed by atoms with E-state index < -0.39 is 0 Å². The van der Waals surface area contributed by atoms with E-state index in [1.165, 1.54) is 9.80 Å². The fraction of sp³-hybridized carbons (Fsp3) is 0.200. The van der Waals surface area contributed by atoms with Gasteiger partial charge in [0.1, 0.15) is 11.5 Å². The Bertz CT molecular complexity index is 1580. The van der Waals surface area contributed by atoms with Gasteiger partial charge < -0.3 is 9.84 Å². The average molecular weight is 581 g/mol. The van der Waals surface area contributed by atoms with Crippen LogP contribution in [0.25, 0.3) is 0 Å². The number of hydrogen-bond donors (Lipinski definition) is 1. The summed E-state index contributed by atoms with van der Waals surface area (Å²) in [7, 11) is 1.60. The average Bonchev–Trinajstić information content (AvgIpc) is 3.41. The van der Waals surface area contributed by atoms with Crippen molar-refractivity contribution in [2.45, 2.75) is 40.8 Å². The number of hydrogen-bond acceptors (Lipinski definition) is 6. The van der Waals surface area contributed by atoms with E-state index in [4.69, 9.17) is 4.74 Å². The molecule has 0 saturated heterocycles. The van der Waals surface area contributed by atoms with Crippen LogP contribution in [-0.2, 0) is 0 Å². The molecule has 0 saturated carbocycles. The number of phenolic OH excluding ortho intramolecular Hbond substituents is 1. The van der Waals surface area contributed by atoms with Crippen LogP contribution in [0.2, 0.25) is 0 Å². The molecule has 0 fully saturated rings. The zero-order valence-electron chi connectivity index (χ0n) is 22.8. The summed E-state index contributed by atoms with van der Waals surface area (Å²) in [5.74, 6) is -0.119. The Kier molecular flexibility index (Phi) is 9.88. The number of carbonyl (C=O) groups excluding carboxylic acids is 4. The molecule has 4 aromatic rings. The predicted octanol–water partition coefficient (Wildman–Crippen LogP) is 7.07. The lowest BCUT2D eigenvalue weighted by molar-refractivity contribution is 0.0579. The van der Waals surface area contributed by atoms with E-state index in [-0.39, 0.29) is 56.3 Å². The largest absolute Gasteiger partial charge is 0.508 e. The van der Waals surface area contributed by atoms with E-state index in [1.54, 1.807) is 86.8 Å². The Labute approximate surface area is 252 Å². The van der Waals surface area contributed by atoms with E-state index in [9.17, 15) is 24.3 Å². The Morgan fingerprint density at radius 3 is 1.14 bits per heavy atom. The minimum absolute atomic E-state index is 0. The maximum atomic E-state index is 12.4. The zero-order chi connectivity index (χ0) is 29.3. The molecule has 8 nitrogen and oxygen atoms in total. The first kappa shape index (κ1) is 32.3. The number of aromatic hydroxyl groups is 1. The second-order valence-electron chi connectivity index (χ2n) is 9.77. The molecular formula is C35H36N2O6. The summed E-state index contributed by atoms with van der Waals surface area (Å²) >= 11 is 0. The topological polar surface area (TPSA) is 104 Å². The van der Waals surface area contributed by atoms with Crippen molar-refractivity contribution in [3.63, 3.8) is 0 Å². The molecule has 2 aliphatic rings. The lowest BCUT2D eigenvalue weighted by atomic mass is 10.1. The van der Waals surface area contributed by atoms with E-state index in [1.807, 2.05) is 31.2 Å². The van der Waals surface area contributed by atoms with Gasteiger partial charge in [0.25, 0.3) is 23.6 Å². The highest BCUT2D eigenvalue weighted by Crippen LogP contribution is 2.33. The normalized spacial score (nSPS) is 14.5. The molecule has 1 N–H and O–H groups in total. The molecule has 0 aliphatic carbocycles. The Hall–Kier alpha value is -5.24. The standard InChI is InChI=1S/C17H15NO3.C16H13NO3.2CH4/c1-11(12-7-9-13(21-2)10-8-12)18-16(19)14-5-3-4-6-15(14)17(18)20;1-10(11-6-8-12(18)9-7-11)17-15(19)13-4-2-3-5-14(13)16(17)20;;/h3-11H,1-2H3;2-10,18H,1H3;2*1H4/t11-;10-;;/m00../s1.